The summed E-state index contributed by atoms with van der Waals surface area (Å²) in [5.41, 5.74) is 3.46. The van der Waals surface area contributed by atoms with E-state index >= 15 is 19.2 Å². The Labute approximate surface area is 647 Å². The average Bonchev–Trinajstić information content (AvgIpc) is 0.763. The fraction of sp³-hybridized carbons (Fsp3) is 0.441. The van der Waals surface area contributed by atoms with Crippen molar-refractivity contribution in [1.29, 1.82) is 0 Å². The van der Waals surface area contributed by atoms with Gasteiger partial charge in [-0.25, -0.2) is 0 Å². The molecule has 7 amide bonds. The zero-order valence-electron chi connectivity index (χ0n) is 57.2. The van der Waals surface area contributed by atoms with Crippen LogP contribution in [0.1, 0.15) is 90.4 Å². The first-order valence-electron chi connectivity index (χ1n) is 33.0. The molecule has 2 fully saturated rings. The van der Waals surface area contributed by atoms with Crippen LogP contribution in [0.15, 0.2) is 72.8 Å². The van der Waals surface area contributed by atoms with Gasteiger partial charge in [-0.1, -0.05) is 31.5 Å². The van der Waals surface area contributed by atoms with Crippen molar-refractivity contribution >= 4 is 119 Å². The van der Waals surface area contributed by atoms with Crippen LogP contribution in [0.2, 0.25) is 10.0 Å². The van der Waals surface area contributed by atoms with Crippen molar-refractivity contribution in [2.24, 2.45) is 11.7 Å². The van der Waals surface area contributed by atoms with E-state index in [1.807, 2.05) is 13.8 Å². The van der Waals surface area contributed by atoms with E-state index in [0.717, 1.165) is 54.6 Å². The van der Waals surface area contributed by atoms with E-state index in [0.29, 0.717) is 0 Å². The number of hydrogen-bond donors (Lipinski definition) is 19. The number of phenolic OH excluding ortho intramolecular Hbond substituents is 3. The normalized spacial score (nSPS) is 28.9. The van der Waals surface area contributed by atoms with Gasteiger partial charge in [0.05, 0.1) is 24.1 Å². The number of carbonyl (C=O) groups is 8. The molecule has 37 heteroatoms. The third kappa shape index (κ3) is 17.2. The summed E-state index contributed by atoms with van der Waals surface area (Å²) in [6, 6.07) is -0.263. The van der Waals surface area contributed by atoms with Gasteiger partial charge in [0, 0.05) is 6.54 Å². The van der Waals surface area contributed by atoms with Gasteiger partial charge in [-0.05, 0) is 63.3 Å². The summed E-state index contributed by atoms with van der Waals surface area (Å²) in [5.74, 6) is -13.6. The molecule has 105 heavy (non-hydrogen) atoms. The molecule has 7 heterocycles. The van der Waals surface area contributed by atoms with Crippen molar-refractivity contribution < 1.29 is 123 Å². The maximum Gasteiger partial charge on any atom is 0.133 e. The third-order valence-corrected chi connectivity index (χ3v) is 20.6. The van der Waals surface area contributed by atoms with Crippen molar-refractivity contribution in [3.05, 3.63) is 116 Å². The number of nitrogens with two attached hydrogens (primary N) is 1. The van der Waals surface area contributed by atoms with Crippen LogP contribution in [0, 0.1) is 12.8 Å². The minimum absolute atomic E-state index is 0.0837. The molecule has 0 spiro atoms. The van der Waals surface area contributed by atoms with Crippen LogP contribution in [0.4, 0.5) is 0 Å². The van der Waals surface area contributed by atoms with E-state index in [1.165, 1.54) is 32.2 Å². The molecule has 0 radical (unpaired) electrons. The minimum Gasteiger partial charge on any atom is -0.394 e. The van der Waals surface area contributed by atoms with Gasteiger partial charge in [-0.15, -0.1) is 0 Å². The third-order valence-electron chi connectivity index (χ3n) is 18.6. The number of likely N-dealkylation sites (N-methyl/N-ethyl adjacent to an activating group) is 2. The summed E-state index contributed by atoms with van der Waals surface area (Å²) in [4.78, 5) is 120. The summed E-state index contributed by atoms with van der Waals surface area (Å²) < 4.78 is 36.8. The molecule has 12 rings (SSSR count). The molecule has 1 unspecified atom stereocenters. The quantitative estimate of drug-likeness (QED) is 0.0549. The van der Waals surface area contributed by atoms with Gasteiger partial charge >= 0.3 is 302 Å². The topological polar surface area (TPSA) is 528 Å². The number of halogens is 2. The number of aliphatic hydroxyl groups is 8. The van der Waals surface area contributed by atoms with Crippen LogP contribution in [-0.4, -0.2) is 277 Å². The van der Waals surface area contributed by atoms with E-state index in [2.05, 4.69) is 37.2 Å². The van der Waals surface area contributed by atoms with E-state index in [1.54, 1.807) is 19.0 Å². The number of primary amides is 1. The van der Waals surface area contributed by atoms with Crippen molar-refractivity contribution in [2.75, 3.05) is 34.3 Å². The summed E-state index contributed by atoms with van der Waals surface area (Å²) >= 11 is 13.1. The predicted octanol–water partition coefficient (Wildman–Crippen LogP) is -1.82. The molecular weight excluding hydrogens is 1500 g/mol. The Balaban J connectivity index is 1.21. The van der Waals surface area contributed by atoms with E-state index < -0.39 is 276 Å². The number of rotatable bonds is 15. The summed E-state index contributed by atoms with van der Waals surface area (Å²) in [7, 11) is 4.70. The fourth-order valence-electron chi connectivity index (χ4n) is 12.9. The number of benzene rings is 5. The van der Waals surface area contributed by atoms with Crippen molar-refractivity contribution in [3.63, 3.8) is 0 Å². The molecule has 0 saturated carbocycles. The smallest absolute Gasteiger partial charge is 0.133 e. The number of ether oxygens (including phenoxy) is 6. The first-order valence-corrected chi connectivity index (χ1v) is 36.3. The largest absolute Gasteiger partial charge is 0.394 e. The van der Waals surface area contributed by atoms with Gasteiger partial charge in [0.1, 0.15) is 72.8 Å². The van der Waals surface area contributed by atoms with Crippen molar-refractivity contribution in [3.8, 4) is 57.1 Å². The number of aromatic hydroxyl groups is 3. The van der Waals surface area contributed by atoms with Gasteiger partial charge in [0.2, 0.25) is 35.7 Å². The molecule has 20 N–H and O–H groups in total. The Morgan fingerprint density at radius 1 is 0.657 bits per heavy atom. The predicted molar refractivity (Wildman–Crippen MR) is 365 cm³/mol. The molecule has 2 saturated heterocycles. The van der Waals surface area contributed by atoms with Crippen LogP contribution in [0.3, 0.4) is 0 Å². The van der Waals surface area contributed by atoms with Crippen LogP contribution >= 0.6 is 23.2 Å². The number of amides is 7. The zero-order valence-corrected chi connectivity index (χ0v) is 63.6. The average molecular weight is 1580 g/mol. The molecule has 19 atom stereocenters. The number of phenols is 3. The summed E-state index contributed by atoms with van der Waals surface area (Å²) in [5, 5.41) is 144. The summed E-state index contributed by atoms with van der Waals surface area (Å²) in [6.07, 6.45) is -23.9. The molecule has 560 valence electrons. The Bertz CT molecular complexity index is 4200. The van der Waals surface area contributed by atoms with E-state index in [4.69, 9.17) is 57.4 Å². The molecule has 5 aromatic carbocycles. The second-order valence-corrected chi connectivity index (χ2v) is 29.9. The second kappa shape index (κ2) is 33.5. The van der Waals surface area contributed by atoms with Gasteiger partial charge < -0.3 is 81.1 Å². The Morgan fingerprint density at radius 3 is 1.82 bits per heavy atom. The Hall–Kier alpha value is -7.27. The Morgan fingerprint density at radius 2 is 1.24 bits per heavy atom. The molecular formula is C68H78Cl2N9O25Rb. The fourth-order valence-corrected chi connectivity index (χ4v) is 14.4. The molecule has 7 aliphatic heterocycles. The van der Waals surface area contributed by atoms with Crippen LogP contribution in [-0.2, 0) is 52.6 Å². The maximum absolute atomic E-state index is 16.1. The second-order valence-electron chi connectivity index (χ2n) is 26.7. The minimum atomic E-state index is -2.34. The molecule has 7 aliphatic rings. The number of hydrogen-bond acceptors (Lipinski definition) is 27. The van der Waals surface area contributed by atoms with Gasteiger partial charge in [0.15, 0.2) is 12.0 Å². The molecule has 0 aromatic heterocycles. The van der Waals surface area contributed by atoms with E-state index in [-0.39, 0.29) is 68.6 Å². The monoisotopic (exact) mass is 1580 g/mol. The van der Waals surface area contributed by atoms with Crippen LogP contribution < -0.4 is 57.2 Å². The number of nitrogens with zero attached hydrogens (tertiary/aromatic N) is 1. The van der Waals surface area contributed by atoms with Crippen molar-refractivity contribution in [2.45, 2.75) is 150 Å². The molecule has 0 aliphatic carbocycles. The number of carbonyl (C=O) groups excluding carboxylic acids is 8. The van der Waals surface area contributed by atoms with Gasteiger partial charge in [0.25, 0.3) is 0 Å². The Kier molecular flexibility index (Phi) is 25.6. The van der Waals surface area contributed by atoms with Crippen molar-refractivity contribution in [1.82, 2.24) is 42.1 Å². The molecule has 5 aromatic rings. The summed E-state index contributed by atoms with van der Waals surface area (Å²) in [6.45, 7) is 3.83. The number of fused-ring (bicyclic) bond motifs is 15. The molecule has 11 bridgehead atoms. The maximum atomic E-state index is 16.1. The van der Waals surface area contributed by atoms with Crippen LogP contribution in [0.5, 0.6) is 46.0 Å². The number of aliphatic hydroxyl groups excluding tert-OH is 8. The van der Waals surface area contributed by atoms with Crippen LogP contribution in [0.25, 0.3) is 11.1 Å². The molecule has 34 nitrogen and oxygen atoms in total. The first-order chi connectivity index (χ1) is 49.6. The van der Waals surface area contributed by atoms with Gasteiger partial charge in [-0.2, -0.15) is 0 Å². The van der Waals surface area contributed by atoms with E-state index in [9.17, 15) is 75.3 Å². The van der Waals surface area contributed by atoms with Gasteiger partial charge in [-0.3, -0.25) is 24.1 Å². The standard InChI is InChI=1S/C68H78Cl2N9O25.Rb/c1-24(2)13-36(79(5)6)62(94)77-49-52(86)27-8-11-39(32(69)15-27)99-41-17-29-18-42(59(41)103-68-58(92)56(90)60(44(23-81)102-68)104-67-57(91)55(89)54(88)43(101-67)21-72-4)100-40-12-9-28(16-33(40)70)53(87)50-66(98)74-35(22-80)30-19-38(83)25(3)51(85)46(30)31-14-26(7-10-37(31)82)47(63(95)78-50)76-64(96)48(29)75-61(93)34(20-45(71)84)73-65(49)97;/h7-12,14-19,24,34-36,43-44,47-50,52-58,60,67-68,72,81-83,85-92H,13,20-21,23H2,1-6H3,(H2,71,84)(H,73,97)(H,74,98)(H,75,93)(H,76,96)(H,77,94)(H,78,95);/t34-,35-,36+,43+,44+,47+,48+,49+,50-,52+,53+,54-,55-,56+,57+,58+,60+,67-,68?;/m0./s1. The first kappa shape index (κ1) is 80.3. The number of nitrogens with one attached hydrogen (secondary N) is 7. The zero-order chi connectivity index (χ0) is 76.6. The SMILES string of the molecule is CNC[C@H]1O[C@@H](O[C@H]2[C@H](O)[C@@H](O)C(Oc3c4cc5cc3Oc3ccc(cc3Cl)[C@@H](O)[C@@H](NC(=O)[C@@H](CC(C)C)N(C)C)C(=O)N[C@@H](CC(N)=O)C(=O)N[C@H]5C(=O)N[C@H]3C(=O)N[C@H](C(=O)N[C@@H]([C](=O)[Rb])c5cc(O)c(C)c(O)c5-c5cc3ccc5O)[C@H](O)c3ccc(c(Cl)c3)O4)O[C@@H]2CO)[C@H](O)[C@@H](O)[C@H]1O.